The number of hydrogen-bond acceptors (Lipinski definition) is 4. The van der Waals surface area contributed by atoms with E-state index in [1.54, 1.807) is 0 Å². The minimum atomic E-state index is 0.427. The highest BCUT2D eigenvalue weighted by molar-refractivity contribution is 5.63. The molecule has 2 aliphatic rings. The largest absolute Gasteiger partial charge is 0.339 e. The molecule has 1 aliphatic carbocycles. The van der Waals surface area contributed by atoms with Gasteiger partial charge in [0.05, 0.1) is 0 Å². The molecule has 1 aromatic heterocycles. The molecular formula is C26H37N3O. The van der Waals surface area contributed by atoms with Gasteiger partial charge in [-0.05, 0) is 69.2 Å². The number of allylic oxidation sites excluding steroid dienone is 1. The molecule has 0 amide bonds. The monoisotopic (exact) mass is 407 g/mol. The van der Waals surface area contributed by atoms with Crippen molar-refractivity contribution in [2.75, 3.05) is 19.6 Å². The molecule has 0 unspecified atom stereocenters. The molecule has 0 spiro atoms. The Morgan fingerprint density at radius 2 is 1.80 bits per heavy atom. The van der Waals surface area contributed by atoms with Gasteiger partial charge in [0.2, 0.25) is 5.89 Å². The summed E-state index contributed by atoms with van der Waals surface area (Å²) in [5.74, 6) is 2.97. The van der Waals surface area contributed by atoms with Gasteiger partial charge < -0.3 is 9.42 Å². The fourth-order valence-corrected chi connectivity index (χ4v) is 3.99. The maximum atomic E-state index is 5.39. The van der Waals surface area contributed by atoms with E-state index in [1.807, 2.05) is 6.07 Å². The number of aromatic nitrogens is 2. The van der Waals surface area contributed by atoms with Crippen molar-refractivity contribution in [1.29, 1.82) is 0 Å². The third kappa shape index (κ3) is 6.40. The molecule has 1 saturated carbocycles. The summed E-state index contributed by atoms with van der Waals surface area (Å²) in [5, 5.41) is 4.01. The maximum absolute atomic E-state index is 5.39. The molecule has 0 bridgehead atoms. The Morgan fingerprint density at radius 1 is 1.10 bits per heavy atom. The molecule has 4 rings (SSSR count). The molecule has 0 atom stereocenters. The van der Waals surface area contributed by atoms with Gasteiger partial charge in [0.25, 0.3) is 0 Å². The van der Waals surface area contributed by atoms with Crippen molar-refractivity contribution in [2.24, 2.45) is 5.92 Å². The molecule has 1 aliphatic heterocycles. The van der Waals surface area contributed by atoms with Crippen LogP contribution in [0.3, 0.4) is 0 Å². The summed E-state index contributed by atoms with van der Waals surface area (Å²) in [7, 11) is 0. The van der Waals surface area contributed by atoms with Crippen molar-refractivity contribution < 1.29 is 4.52 Å². The predicted octanol–water partition coefficient (Wildman–Crippen LogP) is 6.28. The average molecular weight is 408 g/mol. The standard InChI is InChI=1S/C19H25N3O.C7H12/c1-3-18-20-19(23-21-18)17-10-13-22(14-11-17)12-9-15(2)16-7-5-4-6-8-16;1-6(2)7-4-3-5-7/h4-8,17H,2-3,9-14H2,1H3;7H,1,3-5H2,2H3. The maximum Gasteiger partial charge on any atom is 0.229 e. The fraction of sp³-hybridized carbons (Fsp3) is 0.538. The van der Waals surface area contributed by atoms with E-state index in [4.69, 9.17) is 4.52 Å². The Labute approximate surface area is 182 Å². The normalized spacial score (nSPS) is 17.7. The van der Waals surface area contributed by atoms with Gasteiger partial charge in [-0.1, -0.05) is 67.6 Å². The summed E-state index contributed by atoms with van der Waals surface area (Å²) < 4.78 is 5.39. The van der Waals surface area contributed by atoms with Crippen LogP contribution in [0.25, 0.3) is 5.57 Å². The molecule has 1 saturated heterocycles. The Hall–Kier alpha value is -2.20. The van der Waals surface area contributed by atoms with E-state index in [0.29, 0.717) is 5.92 Å². The summed E-state index contributed by atoms with van der Waals surface area (Å²) in [6, 6.07) is 10.5. The zero-order valence-electron chi connectivity index (χ0n) is 18.8. The number of hydrogen-bond donors (Lipinski definition) is 0. The number of benzene rings is 1. The van der Waals surface area contributed by atoms with E-state index in [9.17, 15) is 0 Å². The van der Waals surface area contributed by atoms with Crippen LogP contribution in [0.1, 0.15) is 75.6 Å². The molecule has 4 nitrogen and oxygen atoms in total. The second-order valence-corrected chi connectivity index (χ2v) is 8.71. The van der Waals surface area contributed by atoms with E-state index in [-0.39, 0.29) is 0 Å². The first kappa shape index (κ1) is 22.5. The lowest BCUT2D eigenvalue weighted by Crippen LogP contribution is -2.33. The van der Waals surface area contributed by atoms with E-state index < -0.39 is 0 Å². The van der Waals surface area contributed by atoms with E-state index in [1.165, 1.54) is 36.0 Å². The van der Waals surface area contributed by atoms with Gasteiger partial charge >= 0.3 is 0 Å². The van der Waals surface area contributed by atoms with Crippen LogP contribution in [0.2, 0.25) is 0 Å². The highest BCUT2D eigenvalue weighted by Crippen LogP contribution is 2.31. The third-order valence-corrected chi connectivity index (χ3v) is 6.45. The molecule has 0 radical (unpaired) electrons. The van der Waals surface area contributed by atoms with Crippen molar-refractivity contribution in [3.05, 3.63) is 66.3 Å². The van der Waals surface area contributed by atoms with Crippen LogP contribution in [-0.4, -0.2) is 34.7 Å². The van der Waals surface area contributed by atoms with Crippen molar-refractivity contribution in [3.8, 4) is 0 Å². The van der Waals surface area contributed by atoms with E-state index >= 15 is 0 Å². The lowest BCUT2D eigenvalue weighted by Gasteiger charge is -2.30. The van der Waals surface area contributed by atoms with Crippen LogP contribution in [0, 0.1) is 5.92 Å². The van der Waals surface area contributed by atoms with Crippen molar-refractivity contribution in [2.45, 2.75) is 64.7 Å². The zero-order valence-corrected chi connectivity index (χ0v) is 18.8. The SMILES string of the molecule is C=C(C)C1CCC1.C=C(CCN1CCC(c2nc(CC)no2)CC1)c1ccccc1. The molecular weight excluding hydrogens is 370 g/mol. The highest BCUT2D eigenvalue weighted by Gasteiger charge is 2.24. The van der Waals surface area contributed by atoms with Gasteiger partial charge in [-0.25, -0.2) is 0 Å². The van der Waals surface area contributed by atoms with Crippen LogP contribution in [0.4, 0.5) is 0 Å². The van der Waals surface area contributed by atoms with Gasteiger partial charge in [-0.15, -0.1) is 0 Å². The van der Waals surface area contributed by atoms with Crippen LogP contribution in [-0.2, 0) is 6.42 Å². The number of piperidine rings is 1. The first-order valence-corrected chi connectivity index (χ1v) is 11.5. The van der Waals surface area contributed by atoms with Crippen LogP contribution < -0.4 is 0 Å². The van der Waals surface area contributed by atoms with Crippen LogP contribution in [0.15, 0.2) is 53.6 Å². The number of aryl methyl sites for hydroxylation is 1. The lowest BCUT2D eigenvalue weighted by atomic mass is 9.81. The summed E-state index contributed by atoms with van der Waals surface area (Å²) >= 11 is 0. The second kappa shape index (κ2) is 11.3. The summed E-state index contributed by atoms with van der Waals surface area (Å²) in [4.78, 5) is 7.00. The average Bonchev–Trinajstić information content (AvgIpc) is 3.21. The van der Waals surface area contributed by atoms with Crippen LogP contribution in [0.5, 0.6) is 0 Å². The van der Waals surface area contributed by atoms with Crippen molar-refractivity contribution >= 4 is 5.57 Å². The quantitative estimate of drug-likeness (QED) is 0.507. The van der Waals surface area contributed by atoms with Crippen molar-refractivity contribution in [3.63, 3.8) is 0 Å². The molecule has 2 aromatic rings. The van der Waals surface area contributed by atoms with Gasteiger partial charge in [-0.3, -0.25) is 0 Å². The molecule has 30 heavy (non-hydrogen) atoms. The van der Waals surface area contributed by atoms with E-state index in [2.05, 4.69) is 66.3 Å². The van der Waals surface area contributed by atoms with Gasteiger partial charge in [0, 0.05) is 18.9 Å². The molecule has 1 aromatic carbocycles. The minimum Gasteiger partial charge on any atom is -0.339 e. The summed E-state index contributed by atoms with van der Waals surface area (Å²) in [5.41, 5.74) is 3.85. The third-order valence-electron chi connectivity index (χ3n) is 6.45. The Kier molecular flexibility index (Phi) is 8.44. The number of likely N-dealkylation sites (tertiary alicyclic amines) is 1. The van der Waals surface area contributed by atoms with Crippen LogP contribution >= 0.6 is 0 Å². The molecule has 2 heterocycles. The Morgan fingerprint density at radius 3 is 2.30 bits per heavy atom. The smallest absolute Gasteiger partial charge is 0.229 e. The number of nitrogens with zero attached hydrogens (tertiary/aromatic N) is 3. The topological polar surface area (TPSA) is 42.2 Å². The molecule has 2 fully saturated rings. The Balaban J connectivity index is 0.000000310. The second-order valence-electron chi connectivity index (χ2n) is 8.71. The highest BCUT2D eigenvalue weighted by atomic mass is 16.5. The minimum absolute atomic E-state index is 0.427. The molecule has 162 valence electrons. The van der Waals surface area contributed by atoms with E-state index in [0.717, 1.165) is 63.0 Å². The first-order valence-electron chi connectivity index (χ1n) is 11.5. The zero-order chi connectivity index (χ0) is 21.3. The first-order chi connectivity index (χ1) is 14.6. The fourth-order valence-electron chi connectivity index (χ4n) is 3.99. The van der Waals surface area contributed by atoms with Crippen molar-refractivity contribution in [1.82, 2.24) is 15.0 Å². The molecule has 0 N–H and O–H groups in total. The van der Waals surface area contributed by atoms with Gasteiger partial charge in [0.1, 0.15) is 0 Å². The Bertz CT molecular complexity index is 799. The summed E-state index contributed by atoms with van der Waals surface area (Å²) in [6.45, 7) is 15.5. The van der Waals surface area contributed by atoms with Gasteiger partial charge in [0.15, 0.2) is 5.82 Å². The lowest BCUT2D eigenvalue weighted by molar-refractivity contribution is 0.198. The predicted molar refractivity (Wildman–Crippen MR) is 124 cm³/mol. The van der Waals surface area contributed by atoms with Gasteiger partial charge in [-0.2, -0.15) is 4.98 Å². The summed E-state index contributed by atoms with van der Waals surface area (Å²) in [6.07, 6.45) is 8.29. The molecule has 4 heteroatoms. The number of rotatable bonds is 7.